The predicted octanol–water partition coefficient (Wildman–Crippen LogP) is 1.45. The van der Waals surface area contributed by atoms with Gasteiger partial charge in [0.25, 0.3) is 0 Å². The lowest BCUT2D eigenvalue weighted by Crippen LogP contribution is -2.32. The van der Waals surface area contributed by atoms with Gasteiger partial charge in [0, 0.05) is 19.6 Å². The van der Waals surface area contributed by atoms with Crippen molar-refractivity contribution in [3.63, 3.8) is 0 Å². The predicted molar refractivity (Wildman–Crippen MR) is 51.5 cm³/mol. The molecule has 1 heterocycles. The van der Waals surface area contributed by atoms with Crippen molar-refractivity contribution in [1.29, 1.82) is 0 Å². The number of hydrogen-bond acceptors (Lipinski definition) is 1. The molecule has 1 saturated heterocycles. The van der Waals surface area contributed by atoms with Gasteiger partial charge in [-0.2, -0.15) is 0 Å². The molecule has 0 aromatic rings. The maximum Gasteiger partial charge on any atom is 0.317 e. The number of amides is 2. The monoisotopic (exact) mass is 182 g/mol. The lowest BCUT2D eigenvalue weighted by Gasteiger charge is -2.18. The fourth-order valence-electron chi connectivity index (χ4n) is 2.49. The van der Waals surface area contributed by atoms with Crippen molar-refractivity contribution in [3.05, 3.63) is 0 Å². The van der Waals surface area contributed by atoms with Crippen LogP contribution in [0.2, 0.25) is 0 Å². The molecular weight excluding hydrogens is 164 g/mol. The Kier molecular flexibility index (Phi) is 2.42. The van der Waals surface area contributed by atoms with Gasteiger partial charge in [-0.05, 0) is 24.7 Å². The molecule has 2 aliphatic rings. The lowest BCUT2D eigenvalue weighted by molar-refractivity contribution is 0.208. The molecule has 0 bridgehead atoms. The molecule has 0 aromatic heterocycles. The lowest BCUT2D eigenvalue weighted by atomic mass is 10.1. The van der Waals surface area contributed by atoms with Crippen molar-refractivity contribution in [2.24, 2.45) is 11.8 Å². The van der Waals surface area contributed by atoms with Crippen LogP contribution in [0, 0.1) is 11.8 Å². The molecule has 1 N–H and O–H groups in total. The summed E-state index contributed by atoms with van der Waals surface area (Å²) in [6.07, 6.45) is 3.97. The second-order valence-electron chi connectivity index (χ2n) is 4.46. The van der Waals surface area contributed by atoms with Gasteiger partial charge in [-0.15, -0.1) is 0 Å². The van der Waals surface area contributed by atoms with E-state index in [2.05, 4.69) is 12.2 Å². The van der Waals surface area contributed by atoms with Crippen molar-refractivity contribution in [2.45, 2.75) is 26.2 Å². The van der Waals surface area contributed by atoms with Crippen molar-refractivity contribution >= 4 is 6.03 Å². The summed E-state index contributed by atoms with van der Waals surface area (Å²) in [5.74, 6) is 1.63. The summed E-state index contributed by atoms with van der Waals surface area (Å²) in [4.78, 5) is 13.2. The van der Waals surface area contributed by atoms with Crippen LogP contribution in [0.25, 0.3) is 0 Å². The Balaban J connectivity index is 1.81. The maximum atomic E-state index is 11.3. The van der Waals surface area contributed by atoms with Crippen LogP contribution in [-0.2, 0) is 0 Å². The molecule has 74 valence electrons. The molecule has 2 amide bonds. The topological polar surface area (TPSA) is 32.3 Å². The fraction of sp³-hybridized carbons (Fsp3) is 0.900. The molecule has 2 fully saturated rings. The highest BCUT2D eigenvalue weighted by molar-refractivity contribution is 5.76. The van der Waals surface area contributed by atoms with Gasteiger partial charge in [0.1, 0.15) is 0 Å². The maximum absolute atomic E-state index is 11.3. The average Bonchev–Trinajstić information content (AvgIpc) is 2.64. The van der Waals surface area contributed by atoms with Crippen LogP contribution in [0.3, 0.4) is 0 Å². The number of nitrogens with zero attached hydrogens (tertiary/aromatic N) is 1. The van der Waals surface area contributed by atoms with Gasteiger partial charge in [-0.25, -0.2) is 4.79 Å². The highest BCUT2D eigenvalue weighted by atomic mass is 16.2. The number of carbonyl (C=O) groups is 1. The second-order valence-corrected chi connectivity index (χ2v) is 4.46. The first-order chi connectivity index (χ1) is 6.25. The first kappa shape index (κ1) is 8.85. The Morgan fingerprint density at radius 2 is 2.38 bits per heavy atom. The fourth-order valence-corrected chi connectivity index (χ4v) is 2.49. The molecule has 3 heteroatoms. The number of rotatable bonds is 2. The highest BCUT2D eigenvalue weighted by Gasteiger charge is 2.27. The number of urea groups is 1. The van der Waals surface area contributed by atoms with E-state index in [9.17, 15) is 4.79 Å². The molecule has 2 atom stereocenters. The smallest absolute Gasteiger partial charge is 0.317 e. The average molecular weight is 182 g/mol. The second kappa shape index (κ2) is 3.56. The third kappa shape index (κ3) is 1.95. The summed E-state index contributed by atoms with van der Waals surface area (Å²) >= 11 is 0. The van der Waals surface area contributed by atoms with E-state index >= 15 is 0 Å². The number of hydrogen-bond donors (Lipinski definition) is 1. The normalized spacial score (nSPS) is 33.9. The van der Waals surface area contributed by atoms with Crippen LogP contribution < -0.4 is 5.32 Å². The standard InChI is InChI=1S/C10H18N2O/c1-8-2-3-9(6-8)7-12-5-4-11-10(12)13/h8-9H,2-7H2,1H3,(H,11,13). The quantitative estimate of drug-likeness (QED) is 0.688. The van der Waals surface area contributed by atoms with Gasteiger partial charge in [0.05, 0.1) is 0 Å². The third-order valence-electron chi connectivity index (χ3n) is 3.23. The number of carbonyl (C=O) groups excluding carboxylic acids is 1. The molecule has 2 unspecified atom stereocenters. The molecule has 0 radical (unpaired) electrons. The summed E-state index contributed by atoms with van der Waals surface area (Å²) < 4.78 is 0. The van der Waals surface area contributed by atoms with Gasteiger partial charge in [-0.3, -0.25) is 0 Å². The van der Waals surface area contributed by atoms with Gasteiger partial charge in [-0.1, -0.05) is 13.3 Å². The minimum absolute atomic E-state index is 0.138. The Labute approximate surface area is 79.5 Å². The van der Waals surface area contributed by atoms with Crippen molar-refractivity contribution in [3.8, 4) is 0 Å². The summed E-state index contributed by atoms with van der Waals surface area (Å²) in [5, 5.41) is 2.84. The Morgan fingerprint density at radius 1 is 1.54 bits per heavy atom. The first-order valence-electron chi connectivity index (χ1n) is 5.28. The minimum atomic E-state index is 0.138. The van der Waals surface area contributed by atoms with Crippen LogP contribution in [0.5, 0.6) is 0 Å². The van der Waals surface area contributed by atoms with Crippen molar-refractivity contribution in [1.82, 2.24) is 10.2 Å². The van der Waals surface area contributed by atoms with Crippen LogP contribution in [0.1, 0.15) is 26.2 Å². The van der Waals surface area contributed by atoms with Gasteiger partial charge in [0.2, 0.25) is 0 Å². The van der Waals surface area contributed by atoms with E-state index in [1.807, 2.05) is 4.90 Å². The summed E-state index contributed by atoms with van der Waals surface area (Å²) in [6.45, 7) is 5.03. The van der Waals surface area contributed by atoms with E-state index in [0.717, 1.165) is 31.5 Å². The first-order valence-corrected chi connectivity index (χ1v) is 5.28. The summed E-state index contributed by atoms with van der Waals surface area (Å²) in [7, 11) is 0. The molecule has 0 spiro atoms. The van der Waals surface area contributed by atoms with E-state index < -0.39 is 0 Å². The molecule has 1 aliphatic carbocycles. The van der Waals surface area contributed by atoms with Crippen LogP contribution in [-0.4, -0.2) is 30.6 Å². The largest absolute Gasteiger partial charge is 0.336 e. The van der Waals surface area contributed by atoms with E-state index in [1.54, 1.807) is 0 Å². The van der Waals surface area contributed by atoms with E-state index in [0.29, 0.717) is 0 Å². The van der Waals surface area contributed by atoms with Crippen LogP contribution in [0.4, 0.5) is 4.79 Å². The zero-order valence-electron chi connectivity index (χ0n) is 8.25. The van der Waals surface area contributed by atoms with E-state index in [1.165, 1.54) is 19.3 Å². The van der Waals surface area contributed by atoms with Gasteiger partial charge < -0.3 is 10.2 Å². The summed E-state index contributed by atoms with van der Waals surface area (Å²) in [5.41, 5.74) is 0. The highest BCUT2D eigenvalue weighted by Crippen LogP contribution is 2.30. The molecule has 3 nitrogen and oxygen atoms in total. The Bertz CT molecular complexity index is 205. The Hall–Kier alpha value is -0.730. The molecule has 0 aromatic carbocycles. The number of nitrogens with one attached hydrogen (secondary N) is 1. The van der Waals surface area contributed by atoms with Crippen LogP contribution >= 0.6 is 0 Å². The summed E-state index contributed by atoms with van der Waals surface area (Å²) in [6, 6.07) is 0.138. The minimum Gasteiger partial charge on any atom is -0.336 e. The van der Waals surface area contributed by atoms with E-state index in [4.69, 9.17) is 0 Å². The van der Waals surface area contributed by atoms with Crippen molar-refractivity contribution < 1.29 is 4.79 Å². The third-order valence-corrected chi connectivity index (χ3v) is 3.23. The molecule has 1 aliphatic heterocycles. The molecule has 2 rings (SSSR count). The van der Waals surface area contributed by atoms with Gasteiger partial charge in [0.15, 0.2) is 0 Å². The van der Waals surface area contributed by atoms with Crippen molar-refractivity contribution in [2.75, 3.05) is 19.6 Å². The van der Waals surface area contributed by atoms with E-state index in [-0.39, 0.29) is 6.03 Å². The molecule has 13 heavy (non-hydrogen) atoms. The zero-order chi connectivity index (χ0) is 9.26. The Morgan fingerprint density at radius 3 is 2.92 bits per heavy atom. The molecule has 1 saturated carbocycles. The van der Waals surface area contributed by atoms with Gasteiger partial charge >= 0.3 is 6.03 Å². The molecular formula is C10H18N2O. The van der Waals surface area contributed by atoms with Crippen LogP contribution in [0.15, 0.2) is 0 Å². The SMILES string of the molecule is CC1CCC(CN2CCNC2=O)C1. The zero-order valence-corrected chi connectivity index (χ0v) is 8.25.